The molecule has 1 unspecified atom stereocenters. The van der Waals surface area contributed by atoms with Crippen molar-refractivity contribution >= 4 is 23.2 Å². The van der Waals surface area contributed by atoms with Crippen molar-refractivity contribution in [1.82, 2.24) is 19.3 Å². The van der Waals surface area contributed by atoms with Crippen molar-refractivity contribution < 1.29 is 9.53 Å². The Morgan fingerprint density at radius 2 is 2.19 bits per heavy atom. The van der Waals surface area contributed by atoms with Gasteiger partial charge in [0.05, 0.1) is 25.5 Å². The summed E-state index contributed by atoms with van der Waals surface area (Å²) in [5.41, 5.74) is 3.54. The molecule has 2 aromatic heterocycles. The number of halogens is 1. The van der Waals surface area contributed by atoms with Crippen LogP contribution in [0.4, 0.5) is 0 Å². The maximum atomic E-state index is 12.2. The average molecular weight is 369 g/mol. The van der Waals surface area contributed by atoms with Crippen LogP contribution in [-0.2, 0) is 9.53 Å². The lowest BCUT2D eigenvalue weighted by Crippen LogP contribution is -2.42. The van der Waals surface area contributed by atoms with Gasteiger partial charge >= 0.3 is 0 Å². The predicted octanol–water partition coefficient (Wildman–Crippen LogP) is 3.14. The Morgan fingerprint density at radius 3 is 3.04 bits per heavy atom. The van der Waals surface area contributed by atoms with E-state index in [9.17, 15) is 4.79 Å². The number of carbonyl (C=O) groups excluding carboxylic acids is 1. The van der Waals surface area contributed by atoms with Crippen molar-refractivity contribution in [3.8, 4) is 11.1 Å². The van der Waals surface area contributed by atoms with Gasteiger partial charge in [-0.05, 0) is 35.4 Å². The molecule has 1 atom stereocenters. The second kappa shape index (κ2) is 6.90. The molecule has 3 heterocycles. The Bertz CT molecular complexity index is 985. The number of rotatable bonds is 3. The molecule has 0 saturated carbocycles. The quantitative estimate of drug-likeness (QED) is 0.666. The molecular formula is C19H17ClN4O2. The van der Waals surface area contributed by atoms with Crippen molar-refractivity contribution in [3.63, 3.8) is 0 Å². The number of ether oxygens (including phenoxy) is 1. The summed E-state index contributed by atoms with van der Waals surface area (Å²) < 4.78 is 7.45. The highest BCUT2D eigenvalue weighted by atomic mass is 35.5. The normalized spacial score (nSPS) is 17.4. The third kappa shape index (κ3) is 3.09. The SMILES string of the molecule is C=CC(=O)N1CCOCC1c1cc(Cl)cc(-c2cnc3cncn3c2)c1. The molecule has 1 amide bonds. The van der Waals surface area contributed by atoms with Gasteiger partial charge in [0.15, 0.2) is 5.65 Å². The smallest absolute Gasteiger partial charge is 0.246 e. The summed E-state index contributed by atoms with van der Waals surface area (Å²) in [6.07, 6.45) is 8.48. The summed E-state index contributed by atoms with van der Waals surface area (Å²) in [5, 5.41) is 0.597. The first kappa shape index (κ1) is 16.8. The topological polar surface area (TPSA) is 59.7 Å². The fourth-order valence-corrected chi connectivity index (χ4v) is 3.44. The van der Waals surface area contributed by atoms with Crippen molar-refractivity contribution in [2.75, 3.05) is 19.8 Å². The molecule has 0 aliphatic carbocycles. The number of hydrogen-bond acceptors (Lipinski definition) is 4. The molecule has 132 valence electrons. The maximum Gasteiger partial charge on any atom is 0.246 e. The number of morpholine rings is 1. The number of benzene rings is 1. The van der Waals surface area contributed by atoms with E-state index in [1.807, 2.05) is 28.8 Å². The second-order valence-corrected chi connectivity index (χ2v) is 6.54. The predicted molar refractivity (Wildman–Crippen MR) is 98.9 cm³/mol. The van der Waals surface area contributed by atoms with Crippen LogP contribution in [0.5, 0.6) is 0 Å². The summed E-state index contributed by atoms with van der Waals surface area (Å²) in [7, 11) is 0. The maximum absolute atomic E-state index is 12.2. The third-order valence-electron chi connectivity index (χ3n) is 4.48. The molecule has 1 aromatic carbocycles. The highest BCUT2D eigenvalue weighted by Crippen LogP contribution is 2.31. The lowest BCUT2D eigenvalue weighted by Gasteiger charge is -2.35. The van der Waals surface area contributed by atoms with Gasteiger partial charge in [0.25, 0.3) is 0 Å². The molecule has 1 aliphatic heterocycles. The number of aromatic nitrogens is 3. The Morgan fingerprint density at radius 1 is 1.31 bits per heavy atom. The van der Waals surface area contributed by atoms with Gasteiger partial charge in [-0.25, -0.2) is 9.97 Å². The zero-order valence-corrected chi connectivity index (χ0v) is 14.8. The van der Waals surface area contributed by atoms with Gasteiger partial charge < -0.3 is 9.64 Å². The molecule has 0 spiro atoms. The van der Waals surface area contributed by atoms with Gasteiger partial charge in [-0.2, -0.15) is 0 Å². The zero-order chi connectivity index (χ0) is 18.1. The Labute approximate surface area is 155 Å². The van der Waals surface area contributed by atoms with Gasteiger partial charge in [0.2, 0.25) is 5.91 Å². The van der Waals surface area contributed by atoms with Crippen LogP contribution in [0.1, 0.15) is 11.6 Å². The molecular weight excluding hydrogens is 352 g/mol. The molecule has 0 radical (unpaired) electrons. The van der Waals surface area contributed by atoms with Crippen LogP contribution in [0.25, 0.3) is 16.8 Å². The minimum atomic E-state index is -0.198. The molecule has 7 heteroatoms. The zero-order valence-electron chi connectivity index (χ0n) is 14.0. The molecule has 1 saturated heterocycles. The largest absolute Gasteiger partial charge is 0.377 e. The van der Waals surface area contributed by atoms with Gasteiger partial charge in [-0.15, -0.1) is 0 Å². The standard InChI is InChI=1S/C19H17ClN4O2/c1-2-19(25)24-3-4-26-11-17(24)14-5-13(6-16(20)7-14)15-8-22-18-9-21-12-23(18)10-15/h2,5-10,12,17H,1,3-4,11H2. The fourth-order valence-electron chi connectivity index (χ4n) is 3.20. The van der Waals surface area contributed by atoms with E-state index in [0.29, 0.717) is 24.8 Å². The molecule has 1 fully saturated rings. The van der Waals surface area contributed by atoms with E-state index in [1.165, 1.54) is 6.08 Å². The highest BCUT2D eigenvalue weighted by Gasteiger charge is 2.27. The summed E-state index contributed by atoms with van der Waals surface area (Å²) in [6, 6.07) is 5.58. The minimum Gasteiger partial charge on any atom is -0.377 e. The lowest BCUT2D eigenvalue weighted by atomic mass is 9.99. The lowest BCUT2D eigenvalue weighted by molar-refractivity contribution is -0.134. The molecule has 0 N–H and O–H groups in total. The van der Waals surface area contributed by atoms with E-state index in [-0.39, 0.29) is 11.9 Å². The number of hydrogen-bond donors (Lipinski definition) is 0. The molecule has 3 aromatic rings. The number of carbonyl (C=O) groups is 1. The van der Waals surface area contributed by atoms with Crippen molar-refractivity contribution in [2.24, 2.45) is 0 Å². The number of imidazole rings is 1. The molecule has 6 nitrogen and oxygen atoms in total. The molecule has 26 heavy (non-hydrogen) atoms. The van der Waals surface area contributed by atoms with Crippen molar-refractivity contribution in [2.45, 2.75) is 6.04 Å². The third-order valence-corrected chi connectivity index (χ3v) is 4.70. The fraction of sp³-hybridized carbons (Fsp3) is 0.211. The monoisotopic (exact) mass is 368 g/mol. The first-order chi connectivity index (χ1) is 12.7. The van der Waals surface area contributed by atoms with E-state index >= 15 is 0 Å². The Balaban J connectivity index is 1.75. The van der Waals surface area contributed by atoms with Crippen LogP contribution >= 0.6 is 11.6 Å². The molecule has 0 bridgehead atoms. The van der Waals surface area contributed by atoms with E-state index in [1.54, 1.807) is 23.6 Å². The van der Waals surface area contributed by atoms with Crippen LogP contribution in [0.15, 0.2) is 55.8 Å². The van der Waals surface area contributed by atoms with Gasteiger partial charge in [-0.1, -0.05) is 18.2 Å². The van der Waals surface area contributed by atoms with Crippen LogP contribution in [0.2, 0.25) is 5.02 Å². The first-order valence-corrected chi connectivity index (χ1v) is 8.63. The molecule has 1 aliphatic rings. The van der Waals surface area contributed by atoms with Gasteiger partial charge in [0.1, 0.15) is 6.33 Å². The highest BCUT2D eigenvalue weighted by molar-refractivity contribution is 6.31. The summed E-state index contributed by atoms with van der Waals surface area (Å²) in [4.78, 5) is 22.5. The average Bonchev–Trinajstić information content (AvgIpc) is 3.14. The second-order valence-electron chi connectivity index (χ2n) is 6.10. The van der Waals surface area contributed by atoms with E-state index < -0.39 is 0 Å². The number of fused-ring (bicyclic) bond motifs is 1. The van der Waals surface area contributed by atoms with E-state index in [2.05, 4.69) is 16.5 Å². The number of nitrogens with zero attached hydrogens (tertiary/aromatic N) is 4. The van der Waals surface area contributed by atoms with Gasteiger partial charge in [0, 0.05) is 29.5 Å². The van der Waals surface area contributed by atoms with Crippen molar-refractivity contribution in [3.05, 3.63) is 66.4 Å². The van der Waals surface area contributed by atoms with Crippen LogP contribution in [-0.4, -0.2) is 44.9 Å². The van der Waals surface area contributed by atoms with Crippen LogP contribution in [0.3, 0.4) is 0 Å². The molecule has 4 rings (SSSR count). The van der Waals surface area contributed by atoms with Crippen LogP contribution < -0.4 is 0 Å². The van der Waals surface area contributed by atoms with E-state index in [4.69, 9.17) is 16.3 Å². The number of amides is 1. The summed E-state index contributed by atoms with van der Waals surface area (Å²) in [5.74, 6) is -0.110. The summed E-state index contributed by atoms with van der Waals surface area (Å²) in [6.45, 7) is 5.07. The first-order valence-electron chi connectivity index (χ1n) is 8.25. The Kier molecular flexibility index (Phi) is 4.44. The van der Waals surface area contributed by atoms with Gasteiger partial charge in [-0.3, -0.25) is 9.20 Å². The van der Waals surface area contributed by atoms with Crippen LogP contribution in [0, 0.1) is 0 Å². The van der Waals surface area contributed by atoms with Crippen molar-refractivity contribution in [1.29, 1.82) is 0 Å². The minimum absolute atomic E-state index is 0.110. The summed E-state index contributed by atoms with van der Waals surface area (Å²) >= 11 is 6.37. The van der Waals surface area contributed by atoms with E-state index in [0.717, 1.165) is 22.3 Å². The Hall–Kier alpha value is -2.70.